The standard InChI is InChI=1S/C8H13N7S/c1-10-8(13-6-9)12-3-2-11-4-7-5-16-15-14-7/h5,11H,2-4H2,1H3,(H2,10,12,13). The Hall–Kier alpha value is -1.72. The van der Waals surface area contributed by atoms with Gasteiger partial charge in [0.25, 0.3) is 0 Å². The number of hydrogen-bond acceptors (Lipinski definition) is 6. The second kappa shape index (κ2) is 7.56. The molecule has 86 valence electrons. The van der Waals surface area contributed by atoms with E-state index in [9.17, 15) is 0 Å². The lowest BCUT2D eigenvalue weighted by Gasteiger charge is -2.06. The van der Waals surface area contributed by atoms with Crippen LogP contribution < -0.4 is 16.0 Å². The van der Waals surface area contributed by atoms with Crippen molar-refractivity contribution in [3.05, 3.63) is 11.1 Å². The molecule has 1 heterocycles. The quantitative estimate of drug-likeness (QED) is 0.206. The molecule has 0 atom stereocenters. The Morgan fingerprint density at radius 2 is 2.50 bits per heavy atom. The lowest BCUT2D eigenvalue weighted by molar-refractivity contribution is 0.657. The van der Waals surface area contributed by atoms with E-state index in [1.54, 1.807) is 13.2 Å². The minimum Gasteiger partial charge on any atom is -0.354 e. The third-order valence-corrected chi connectivity index (χ3v) is 2.26. The molecular weight excluding hydrogens is 226 g/mol. The summed E-state index contributed by atoms with van der Waals surface area (Å²) in [7, 11) is 1.61. The molecule has 0 aliphatic carbocycles. The first kappa shape index (κ1) is 12.4. The summed E-state index contributed by atoms with van der Waals surface area (Å²) in [4.78, 5) is 3.85. The average molecular weight is 239 g/mol. The summed E-state index contributed by atoms with van der Waals surface area (Å²) in [6, 6.07) is 0. The van der Waals surface area contributed by atoms with Gasteiger partial charge in [-0.1, -0.05) is 4.49 Å². The van der Waals surface area contributed by atoms with Gasteiger partial charge in [0, 0.05) is 32.1 Å². The smallest absolute Gasteiger partial charge is 0.204 e. The third kappa shape index (κ3) is 4.68. The number of hydrogen-bond donors (Lipinski definition) is 3. The van der Waals surface area contributed by atoms with Gasteiger partial charge in [-0.15, -0.1) is 5.10 Å². The van der Waals surface area contributed by atoms with Gasteiger partial charge in [0.1, 0.15) is 0 Å². The van der Waals surface area contributed by atoms with Crippen LogP contribution in [0.2, 0.25) is 0 Å². The fourth-order valence-corrected chi connectivity index (χ4v) is 1.43. The molecule has 0 aromatic carbocycles. The molecule has 8 heteroatoms. The van der Waals surface area contributed by atoms with E-state index in [0.717, 1.165) is 12.2 Å². The van der Waals surface area contributed by atoms with Crippen molar-refractivity contribution in [1.82, 2.24) is 25.5 Å². The van der Waals surface area contributed by atoms with Crippen LogP contribution in [0.15, 0.2) is 10.4 Å². The number of aromatic nitrogens is 2. The zero-order chi connectivity index (χ0) is 11.6. The molecule has 16 heavy (non-hydrogen) atoms. The Labute approximate surface area is 97.7 Å². The number of guanidine groups is 1. The molecule has 0 fully saturated rings. The molecular formula is C8H13N7S. The highest BCUT2D eigenvalue weighted by molar-refractivity contribution is 7.03. The molecule has 0 saturated heterocycles. The maximum atomic E-state index is 8.38. The second-order valence-electron chi connectivity index (χ2n) is 2.81. The largest absolute Gasteiger partial charge is 0.354 e. The summed E-state index contributed by atoms with van der Waals surface area (Å²) in [5, 5.41) is 22.8. The Morgan fingerprint density at radius 3 is 3.12 bits per heavy atom. The predicted octanol–water partition coefficient (Wildman–Crippen LogP) is -0.726. The van der Waals surface area contributed by atoms with Crippen LogP contribution in [-0.4, -0.2) is 35.7 Å². The molecule has 0 spiro atoms. The van der Waals surface area contributed by atoms with E-state index < -0.39 is 0 Å². The van der Waals surface area contributed by atoms with E-state index in [-0.39, 0.29) is 0 Å². The minimum atomic E-state index is 0.472. The molecule has 0 amide bonds. The van der Waals surface area contributed by atoms with Crippen LogP contribution in [0.1, 0.15) is 5.69 Å². The van der Waals surface area contributed by atoms with Crippen LogP contribution >= 0.6 is 11.5 Å². The van der Waals surface area contributed by atoms with E-state index in [1.807, 2.05) is 5.38 Å². The van der Waals surface area contributed by atoms with Crippen molar-refractivity contribution in [1.29, 1.82) is 5.26 Å². The minimum absolute atomic E-state index is 0.472. The van der Waals surface area contributed by atoms with Gasteiger partial charge in [-0.2, -0.15) is 5.26 Å². The monoisotopic (exact) mass is 239 g/mol. The van der Waals surface area contributed by atoms with Crippen LogP contribution in [0.3, 0.4) is 0 Å². The second-order valence-corrected chi connectivity index (χ2v) is 3.42. The molecule has 0 aliphatic rings. The molecule has 1 aromatic rings. The molecule has 0 unspecified atom stereocenters. The Kier molecular flexibility index (Phi) is 5.83. The average Bonchev–Trinajstić information content (AvgIpc) is 2.80. The Morgan fingerprint density at radius 1 is 1.62 bits per heavy atom. The van der Waals surface area contributed by atoms with Gasteiger partial charge >= 0.3 is 0 Å². The van der Waals surface area contributed by atoms with Crippen molar-refractivity contribution < 1.29 is 0 Å². The van der Waals surface area contributed by atoms with Gasteiger partial charge in [0.2, 0.25) is 5.96 Å². The van der Waals surface area contributed by atoms with Crippen LogP contribution in [0.4, 0.5) is 0 Å². The summed E-state index contributed by atoms with van der Waals surface area (Å²) >= 11 is 1.34. The molecule has 1 rings (SSSR count). The van der Waals surface area contributed by atoms with E-state index in [0.29, 0.717) is 19.0 Å². The van der Waals surface area contributed by atoms with Crippen molar-refractivity contribution in [2.45, 2.75) is 6.54 Å². The summed E-state index contributed by atoms with van der Waals surface area (Å²) < 4.78 is 3.76. The lowest BCUT2D eigenvalue weighted by atomic mass is 10.5. The fraction of sp³-hybridized carbons (Fsp3) is 0.500. The number of nitrogens with zero attached hydrogens (tertiary/aromatic N) is 4. The number of nitrogens with one attached hydrogen (secondary N) is 3. The van der Waals surface area contributed by atoms with Crippen molar-refractivity contribution >= 4 is 17.5 Å². The summed E-state index contributed by atoms with van der Waals surface area (Å²) in [5.41, 5.74) is 0.935. The highest BCUT2D eigenvalue weighted by Crippen LogP contribution is 1.94. The van der Waals surface area contributed by atoms with E-state index in [4.69, 9.17) is 5.26 Å². The number of rotatable bonds is 5. The summed E-state index contributed by atoms with van der Waals surface area (Å²) in [6.45, 7) is 2.13. The molecule has 1 aromatic heterocycles. The first-order chi connectivity index (χ1) is 7.86. The number of aliphatic imine (C=N–C) groups is 1. The van der Waals surface area contributed by atoms with Crippen LogP contribution in [0, 0.1) is 11.5 Å². The fourth-order valence-electron chi connectivity index (χ4n) is 0.979. The number of nitriles is 1. The van der Waals surface area contributed by atoms with E-state index >= 15 is 0 Å². The molecule has 0 radical (unpaired) electrons. The van der Waals surface area contributed by atoms with E-state index in [2.05, 4.69) is 30.5 Å². The molecule has 0 bridgehead atoms. The molecule has 0 aliphatic heterocycles. The van der Waals surface area contributed by atoms with E-state index in [1.165, 1.54) is 11.5 Å². The van der Waals surface area contributed by atoms with Crippen LogP contribution in [0.25, 0.3) is 0 Å². The molecule has 7 nitrogen and oxygen atoms in total. The normalized spacial score (nSPS) is 10.9. The van der Waals surface area contributed by atoms with Gasteiger partial charge in [0.15, 0.2) is 6.19 Å². The summed E-state index contributed by atoms with van der Waals surface area (Å²) in [6.07, 6.45) is 1.80. The molecule has 0 saturated carbocycles. The van der Waals surface area contributed by atoms with Gasteiger partial charge < -0.3 is 10.6 Å². The topological polar surface area (TPSA) is 98.0 Å². The van der Waals surface area contributed by atoms with Crippen LogP contribution in [0.5, 0.6) is 0 Å². The van der Waals surface area contributed by atoms with Crippen molar-refractivity contribution in [3.8, 4) is 6.19 Å². The molecule has 3 N–H and O–H groups in total. The van der Waals surface area contributed by atoms with Gasteiger partial charge in [0.05, 0.1) is 5.69 Å². The Balaban J connectivity index is 2.06. The van der Waals surface area contributed by atoms with Crippen LogP contribution in [-0.2, 0) is 6.54 Å². The predicted molar refractivity (Wildman–Crippen MR) is 61.7 cm³/mol. The maximum absolute atomic E-state index is 8.38. The van der Waals surface area contributed by atoms with Crippen molar-refractivity contribution in [2.24, 2.45) is 4.99 Å². The first-order valence-electron chi connectivity index (χ1n) is 4.69. The van der Waals surface area contributed by atoms with Gasteiger partial charge in [-0.3, -0.25) is 10.3 Å². The maximum Gasteiger partial charge on any atom is 0.204 e. The highest BCUT2D eigenvalue weighted by Gasteiger charge is 1.96. The zero-order valence-electron chi connectivity index (χ0n) is 8.90. The van der Waals surface area contributed by atoms with Crippen molar-refractivity contribution in [3.63, 3.8) is 0 Å². The van der Waals surface area contributed by atoms with Gasteiger partial charge in [-0.25, -0.2) is 0 Å². The van der Waals surface area contributed by atoms with Gasteiger partial charge in [-0.05, 0) is 11.5 Å². The lowest BCUT2D eigenvalue weighted by Crippen LogP contribution is -2.38. The van der Waals surface area contributed by atoms with Crippen molar-refractivity contribution in [2.75, 3.05) is 20.1 Å². The zero-order valence-corrected chi connectivity index (χ0v) is 9.71. The SMILES string of the molecule is CN=C(NC#N)NCCNCc1csnn1. The Bertz CT molecular complexity index is 353. The first-order valence-corrected chi connectivity index (χ1v) is 5.53. The highest BCUT2D eigenvalue weighted by atomic mass is 32.1. The third-order valence-electron chi connectivity index (χ3n) is 1.70. The summed E-state index contributed by atoms with van der Waals surface area (Å²) in [5.74, 6) is 0.472.